The molecule has 26 heavy (non-hydrogen) atoms. The molecule has 0 spiro atoms. The van der Waals surface area contributed by atoms with E-state index in [2.05, 4.69) is 12.7 Å². The number of ether oxygens (including phenoxy) is 1. The first-order chi connectivity index (χ1) is 12.2. The molecule has 1 aromatic rings. The number of carboxylic acid groups (broad SMARTS) is 1. The minimum atomic E-state index is -0.833. The van der Waals surface area contributed by atoms with Gasteiger partial charge in [0.25, 0.3) is 5.97 Å². The van der Waals surface area contributed by atoms with Gasteiger partial charge in [0.15, 0.2) is 5.78 Å². The summed E-state index contributed by atoms with van der Waals surface area (Å²) in [6.07, 6.45) is 3.30. The lowest BCUT2D eigenvalue weighted by atomic mass is 9.98. The summed E-state index contributed by atoms with van der Waals surface area (Å²) in [5.74, 6) is 0.538. The first-order valence-electron chi connectivity index (χ1n) is 9.13. The smallest absolute Gasteiger partial charge is 0.300 e. The molecule has 1 aromatic carbocycles. The molecular formula is C20H35N2O4+. The maximum atomic E-state index is 12.1. The van der Waals surface area contributed by atoms with Crippen molar-refractivity contribution in [3.8, 4) is 5.75 Å². The molecule has 148 valence electrons. The average molecular weight is 368 g/mol. The molecule has 0 amide bonds. The number of aryl methyl sites for hydroxylation is 2. The third kappa shape index (κ3) is 10.8. The van der Waals surface area contributed by atoms with Gasteiger partial charge in [-0.25, -0.2) is 0 Å². The number of rotatable bonds is 10. The molecule has 0 bridgehead atoms. The number of quaternary nitrogens is 1. The number of carbonyl (C=O) groups excluding carboxylic acids is 1. The van der Waals surface area contributed by atoms with E-state index >= 15 is 0 Å². The second-order valence-electron chi connectivity index (χ2n) is 6.81. The molecule has 0 radical (unpaired) electrons. The predicted molar refractivity (Wildman–Crippen MR) is 103 cm³/mol. The quantitative estimate of drug-likeness (QED) is 0.548. The van der Waals surface area contributed by atoms with Crippen LogP contribution in [0.4, 0.5) is 0 Å². The fraction of sp³-hybridized carbons (Fsp3) is 0.600. The Kier molecular flexibility index (Phi) is 12.3. The first kappa shape index (κ1) is 24.1. The largest absolute Gasteiger partial charge is 0.493 e. The SMILES string of the molecule is CC(=O)O.Cc1cccc(C)c1OCC(C)CC(=O)[C@@H]([NH3+])CCCCN. The molecule has 0 aliphatic rings. The summed E-state index contributed by atoms with van der Waals surface area (Å²) in [5.41, 5.74) is 11.7. The van der Waals surface area contributed by atoms with Crippen molar-refractivity contribution in [2.75, 3.05) is 13.2 Å². The first-order valence-corrected chi connectivity index (χ1v) is 9.13. The van der Waals surface area contributed by atoms with Crippen LogP contribution in [0, 0.1) is 19.8 Å². The lowest BCUT2D eigenvalue weighted by Gasteiger charge is -2.16. The van der Waals surface area contributed by atoms with E-state index in [1.54, 1.807) is 0 Å². The standard InChI is InChI=1S/C18H30N2O2.C2H4O2/c1-13(11-17(21)16(20)9-4-5-10-19)12-22-18-14(2)7-6-8-15(18)3;1-2(3)4/h6-8,13,16H,4-5,9-12,19-20H2,1-3H3;1H3,(H,3,4)/p+1/t13?,16-;/m0./s1. The maximum absolute atomic E-state index is 12.1. The van der Waals surface area contributed by atoms with Crippen molar-refractivity contribution in [3.63, 3.8) is 0 Å². The van der Waals surface area contributed by atoms with Crippen LogP contribution in [0.2, 0.25) is 0 Å². The molecule has 6 heteroatoms. The number of hydrogen-bond donors (Lipinski definition) is 3. The van der Waals surface area contributed by atoms with Crippen LogP contribution in [0.1, 0.15) is 50.7 Å². The number of para-hydroxylation sites is 1. The number of carbonyl (C=O) groups is 2. The topological polar surface area (TPSA) is 117 Å². The molecular weight excluding hydrogens is 332 g/mol. The third-order valence-corrected chi connectivity index (χ3v) is 3.93. The van der Waals surface area contributed by atoms with Gasteiger partial charge >= 0.3 is 0 Å². The molecule has 2 atom stereocenters. The van der Waals surface area contributed by atoms with Crippen LogP contribution >= 0.6 is 0 Å². The Morgan fingerprint density at radius 2 is 1.77 bits per heavy atom. The van der Waals surface area contributed by atoms with Crippen molar-refractivity contribution in [1.29, 1.82) is 0 Å². The molecule has 0 saturated heterocycles. The van der Waals surface area contributed by atoms with Crippen LogP contribution in [0.3, 0.4) is 0 Å². The summed E-state index contributed by atoms with van der Waals surface area (Å²) in [5, 5.41) is 7.42. The van der Waals surface area contributed by atoms with E-state index in [0.717, 1.165) is 43.1 Å². The van der Waals surface area contributed by atoms with Crippen LogP contribution in [-0.4, -0.2) is 36.1 Å². The third-order valence-electron chi connectivity index (χ3n) is 3.93. The highest BCUT2D eigenvalue weighted by atomic mass is 16.5. The van der Waals surface area contributed by atoms with Gasteiger partial charge in [0, 0.05) is 19.8 Å². The Bertz CT molecular complexity index is 536. The zero-order valence-corrected chi connectivity index (χ0v) is 16.6. The summed E-state index contributed by atoms with van der Waals surface area (Å²) in [6.45, 7) is 8.47. The molecule has 0 heterocycles. The lowest BCUT2D eigenvalue weighted by Crippen LogP contribution is -2.65. The van der Waals surface area contributed by atoms with E-state index in [0.29, 0.717) is 19.6 Å². The van der Waals surface area contributed by atoms with Crippen LogP contribution in [0.15, 0.2) is 18.2 Å². The van der Waals surface area contributed by atoms with Crippen LogP contribution in [-0.2, 0) is 9.59 Å². The minimum Gasteiger partial charge on any atom is -0.493 e. The van der Waals surface area contributed by atoms with E-state index in [9.17, 15) is 4.79 Å². The van der Waals surface area contributed by atoms with Crippen molar-refractivity contribution >= 4 is 11.8 Å². The Labute approximate surface area is 156 Å². The average Bonchev–Trinajstić information content (AvgIpc) is 2.54. The van der Waals surface area contributed by atoms with E-state index < -0.39 is 5.97 Å². The monoisotopic (exact) mass is 367 g/mol. The van der Waals surface area contributed by atoms with Crippen LogP contribution in [0.25, 0.3) is 0 Å². The Morgan fingerprint density at radius 3 is 2.27 bits per heavy atom. The van der Waals surface area contributed by atoms with Gasteiger partial charge in [0.1, 0.15) is 11.8 Å². The minimum absolute atomic E-state index is 0.116. The molecule has 0 aliphatic heterocycles. The Balaban J connectivity index is 0.00000141. The van der Waals surface area contributed by atoms with Gasteiger partial charge in [0.2, 0.25) is 0 Å². The molecule has 1 rings (SSSR count). The summed E-state index contributed by atoms with van der Waals surface area (Å²) in [4.78, 5) is 21.1. The number of benzene rings is 1. The van der Waals surface area contributed by atoms with Gasteiger partial charge in [0.05, 0.1) is 6.61 Å². The number of unbranched alkanes of at least 4 members (excludes halogenated alkanes) is 1. The lowest BCUT2D eigenvalue weighted by molar-refractivity contribution is -0.404. The molecule has 6 nitrogen and oxygen atoms in total. The fourth-order valence-electron chi connectivity index (χ4n) is 2.52. The van der Waals surface area contributed by atoms with Crippen LogP contribution in [0.5, 0.6) is 5.75 Å². The summed E-state index contributed by atoms with van der Waals surface area (Å²) in [7, 11) is 0. The van der Waals surface area contributed by atoms with Crippen molar-refractivity contribution in [1.82, 2.24) is 0 Å². The Morgan fingerprint density at radius 1 is 1.23 bits per heavy atom. The number of ketones is 1. The molecule has 0 fully saturated rings. The van der Waals surface area contributed by atoms with E-state index in [1.165, 1.54) is 0 Å². The summed E-state index contributed by atoms with van der Waals surface area (Å²) in [6, 6.07) is 6.00. The summed E-state index contributed by atoms with van der Waals surface area (Å²) >= 11 is 0. The highest BCUT2D eigenvalue weighted by Crippen LogP contribution is 2.23. The zero-order chi connectivity index (χ0) is 20.1. The summed E-state index contributed by atoms with van der Waals surface area (Å²) < 4.78 is 5.92. The van der Waals surface area contributed by atoms with Crippen molar-refractivity contribution in [2.45, 2.75) is 59.4 Å². The molecule has 1 unspecified atom stereocenters. The fourth-order valence-corrected chi connectivity index (χ4v) is 2.52. The van der Waals surface area contributed by atoms with Crippen molar-refractivity contribution in [3.05, 3.63) is 29.3 Å². The van der Waals surface area contributed by atoms with Gasteiger partial charge in [-0.05, 0) is 50.3 Å². The normalized spacial score (nSPS) is 12.5. The molecule has 0 saturated carbocycles. The molecule has 0 aromatic heterocycles. The number of Topliss-reactive ketones (excluding diaryl/α,β-unsaturated/α-hetero) is 1. The zero-order valence-electron chi connectivity index (χ0n) is 16.6. The number of nitrogens with two attached hydrogens (primary N) is 1. The molecule has 0 aliphatic carbocycles. The van der Waals surface area contributed by atoms with E-state index in [-0.39, 0.29) is 17.7 Å². The van der Waals surface area contributed by atoms with Gasteiger partial charge in [-0.1, -0.05) is 25.1 Å². The van der Waals surface area contributed by atoms with Gasteiger partial charge in [-0.15, -0.1) is 0 Å². The Hall–Kier alpha value is -1.92. The predicted octanol–water partition coefficient (Wildman–Crippen LogP) is 2.11. The second-order valence-corrected chi connectivity index (χ2v) is 6.81. The van der Waals surface area contributed by atoms with Gasteiger partial charge in [-0.2, -0.15) is 0 Å². The highest BCUT2D eigenvalue weighted by molar-refractivity contribution is 5.82. The van der Waals surface area contributed by atoms with Crippen molar-refractivity contribution < 1.29 is 25.2 Å². The number of carboxylic acids is 1. The van der Waals surface area contributed by atoms with E-state index in [4.69, 9.17) is 20.4 Å². The second kappa shape index (κ2) is 13.3. The number of hydrogen-bond acceptors (Lipinski definition) is 4. The number of aliphatic carboxylic acids is 1. The van der Waals surface area contributed by atoms with Gasteiger partial charge in [-0.3, -0.25) is 9.59 Å². The van der Waals surface area contributed by atoms with Crippen molar-refractivity contribution in [2.24, 2.45) is 11.7 Å². The molecule has 6 N–H and O–H groups in total. The van der Waals surface area contributed by atoms with Crippen LogP contribution < -0.4 is 16.2 Å². The highest BCUT2D eigenvalue weighted by Gasteiger charge is 2.20. The maximum Gasteiger partial charge on any atom is 0.300 e. The van der Waals surface area contributed by atoms with E-state index in [1.807, 2.05) is 32.0 Å². The van der Waals surface area contributed by atoms with Gasteiger partial charge < -0.3 is 21.3 Å².